The minimum Gasteiger partial charge on any atom is -0.495 e. The largest absolute Gasteiger partial charge is 0.495 e. The van der Waals surface area contributed by atoms with Crippen LogP contribution in [0.4, 0.5) is 10.5 Å². The molecule has 1 aliphatic carbocycles. The average molecular weight is 320 g/mol. The van der Waals surface area contributed by atoms with Gasteiger partial charge in [-0.3, -0.25) is 5.32 Å². The fraction of sp³-hybridized carbons (Fsp3) is 0.611. The van der Waals surface area contributed by atoms with Crippen molar-refractivity contribution >= 4 is 11.8 Å². The third-order valence-corrected chi connectivity index (χ3v) is 4.37. The number of carbonyl (C=O) groups excluding carboxylic acids is 1. The maximum Gasteiger partial charge on any atom is 0.412 e. The standard InChI is InChI=1S/C18H28N2O3/c1-16(2,3)23-15(21)20-13-8-7-12(11-14(13)22-6)18(9-10-18)17(4,5)19/h7-8,11H,9-10,19H2,1-6H3,(H,20,21). The number of ether oxygens (including phenoxy) is 2. The first-order valence-corrected chi connectivity index (χ1v) is 7.96. The normalized spacial score (nSPS) is 16.7. The molecule has 5 heteroatoms. The first-order valence-electron chi connectivity index (χ1n) is 7.96. The number of carbonyl (C=O) groups is 1. The second-order valence-electron chi connectivity index (χ2n) is 7.85. The summed E-state index contributed by atoms with van der Waals surface area (Å²) in [5.41, 5.74) is 7.25. The van der Waals surface area contributed by atoms with Crippen LogP contribution in [0.1, 0.15) is 53.0 Å². The van der Waals surface area contributed by atoms with E-state index in [0.29, 0.717) is 11.4 Å². The fourth-order valence-corrected chi connectivity index (χ4v) is 2.94. The molecule has 0 spiro atoms. The molecule has 2 rings (SSSR count). The molecule has 0 atom stereocenters. The van der Waals surface area contributed by atoms with Crippen molar-refractivity contribution in [3.05, 3.63) is 23.8 Å². The molecule has 5 nitrogen and oxygen atoms in total. The highest BCUT2D eigenvalue weighted by atomic mass is 16.6. The molecule has 1 aliphatic rings. The fourth-order valence-electron chi connectivity index (χ4n) is 2.94. The van der Waals surface area contributed by atoms with Crippen molar-refractivity contribution in [1.29, 1.82) is 0 Å². The van der Waals surface area contributed by atoms with Gasteiger partial charge in [-0.2, -0.15) is 0 Å². The Labute approximate surface area is 138 Å². The van der Waals surface area contributed by atoms with E-state index in [1.54, 1.807) is 7.11 Å². The molecule has 1 saturated carbocycles. The predicted molar refractivity (Wildman–Crippen MR) is 92.0 cm³/mol. The van der Waals surface area contributed by atoms with Crippen molar-refractivity contribution in [2.24, 2.45) is 5.73 Å². The number of amides is 1. The number of methoxy groups -OCH3 is 1. The molecule has 0 heterocycles. The van der Waals surface area contributed by atoms with E-state index in [2.05, 4.69) is 19.2 Å². The molecule has 0 unspecified atom stereocenters. The van der Waals surface area contributed by atoms with Gasteiger partial charge in [0, 0.05) is 11.0 Å². The van der Waals surface area contributed by atoms with Gasteiger partial charge in [0.1, 0.15) is 11.4 Å². The van der Waals surface area contributed by atoms with Gasteiger partial charge < -0.3 is 15.2 Å². The van der Waals surface area contributed by atoms with Crippen LogP contribution in [0.2, 0.25) is 0 Å². The number of anilines is 1. The van der Waals surface area contributed by atoms with E-state index in [0.717, 1.165) is 18.4 Å². The zero-order valence-electron chi connectivity index (χ0n) is 14.9. The number of hydrogen-bond donors (Lipinski definition) is 2. The summed E-state index contributed by atoms with van der Waals surface area (Å²) in [5, 5.41) is 2.74. The Balaban J connectivity index is 2.23. The van der Waals surface area contributed by atoms with Crippen LogP contribution in [0, 0.1) is 0 Å². The summed E-state index contributed by atoms with van der Waals surface area (Å²) < 4.78 is 10.7. The Kier molecular flexibility index (Phi) is 4.37. The smallest absolute Gasteiger partial charge is 0.412 e. The highest BCUT2D eigenvalue weighted by Crippen LogP contribution is 2.55. The van der Waals surface area contributed by atoms with Gasteiger partial charge in [-0.05, 0) is 65.2 Å². The Hall–Kier alpha value is -1.75. The van der Waals surface area contributed by atoms with Crippen molar-refractivity contribution in [3.8, 4) is 5.75 Å². The van der Waals surface area contributed by atoms with E-state index in [4.69, 9.17) is 15.2 Å². The van der Waals surface area contributed by atoms with E-state index in [1.165, 1.54) is 0 Å². The summed E-state index contributed by atoms with van der Waals surface area (Å²) >= 11 is 0. The Morgan fingerprint density at radius 3 is 2.26 bits per heavy atom. The van der Waals surface area contributed by atoms with Crippen molar-refractivity contribution in [3.63, 3.8) is 0 Å². The predicted octanol–water partition coefficient (Wildman–Crippen LogP) is 3.81. The van der Waals surface area contributed by atoms with Gasteiger partial charge in [-0.15, -0.1) is 0 Å². The lowest BCUT2D eigenvalue weighted by molar-refractivity contribution is 0.0635. The number of hydrogen-bond acceptors (Lipinski definition) is 4. The molecule has 23 heavy (non-hydrogen) atoms. The number of nitrogens with one attached hydrogen (secondary N) is 1. The maximum absolute atomic E-state index is 11.9. The second kappa shape index (κ2) is 5.71. The second-order valence-corrected chi connectivity index (χ2v) is 7.85. The third-order valence-electron chi connectivity index (χ3n) is 4.37. The van der Waals surface area contributed by atoms with Gasteiger partial charge in [0.25, 0.3) is 0 Å². The first-order chi connectivity index (χ1) is 10.5. The van der Waals surface area contributed by atoms with E-state index in [9.17, 15) is 4.79 Å². The topological polar surface area (TPSA) is 73.6 Å². The Morgan fingerprint density at radius 2 is 1.83 bits per heavy atom. The van der Waals surface area contributed by atoms with E-state index in [1.807, 2.05) is 39.0 Å². The van der Waals surface area contributed by atoms with Crippen LogP contribution in [0.15, 0.2) is 18.2 Å². The van der Waals surface area contributed by atoms with Crippen LogP contribution >= 0.6 is 0 Å². The molecule has 0 aliphatic heterocycles. The number of nitrogens with two attached hydrogens (primary N) is 1. The van der Waals surface area contributed by atoms with E-state index >= 15 is 0 Å². The summed E-state index contributed by atoms with van der Waals surface area (Å²) in [6.07, 6.45) is 1.64. The zero-order valence-corrected chi connectivity index (χ0v) is 14.9. The van der Waals surface area contributed by atoms with Gasteiger partial charge >= 0.3 is 6.09 Å². The molecule has 1 aromatic carbocycles. The van der Waals surface area contributed by atoms with Crippen molar-refractivity contribution in [2.45, 2.75) is 64.0 Å². The molecule has 0 aromatic heterocycles. The Bertz CT molecular complexity index is 593. The SMILES string of the molecule is COc1cc(C2(C(C)(C)N)CC2)ccc1NC(=O)OC(C)(C)C. The number of rotatable bonds is 4. The Morgan fingerprint density at radius 1 is 1.22 bits per heavy atom. The highest BCUT2D eigenvalue weighted by molar-refractivity contribution is 5.87. The van der Waals surface area contributed by atoms with Gasteiger partial charge in [0.15, 0.2) is 0 Å². The van der Waals surface area contributed by atoms with Crippen LogP contribution in [-0.2, 0) is 10.2 Å². The van der Waals surface area contributed by atoms with Crippen molar-refractivity contribution in [1.82, 2.24) is 0 Å². The third kappa shape index (κ3) is 3.78. The molecule has 3 N–H and O–H groups in total. The minimum atomic E-state index is -0.543. The van der Waals surface area contributed by atoms with E-state index < -0.39 is 11.7 Å². The monoisotopic (exact) mass is 320 g/mol. The molecule has 0 radical (unpaired) electrons. The summed E-state index contributed by atoms with van der Waals surface area (Å²) in [6, 6.07) is 5.83. The van der Waals surface area contributed by atoms with E-state index in [-0.39, 0.29) is 11.0 Å². The molecule has 0 bridgehead atoms. The summed E-state index contributed by atoms with van der Waals surface area (Å²) in [5.74, 6) is 0.615. The van der Waals surface area contributed by atoms with Crippen molar-refractivity contribution < 1.29 is 14.3 Å². The van der Waals surface area contributed by atoms with Crippen LogP contribution in [0.25, 0.3) is 0 Å². The van der Waals surface area contributed by atoms with Crippen molar-refractivity contribution in [2.75, 3.05) is 12.4 Å². The van der Waals surface area contributed by atoms with Gasteiger partial charge in [0.2, 0.25) is 0 Å². The average Bonchev–Trinajstić information content (AvgIpc) is 3.17. The molecule has 1 aromatic rings. The lowest BCUT2D eigenvalue weighted by atomic mass is 9.79. The van der Waals surface area contributed by atoms with Crippen LogP contribution in [0.5, 0.6) is 5.75 Å². The minimum absolute atomic E-state index is 0.00920. The molecule has 128 valence electrons. The lowest BCUT2D eigenvalue weighted by Crippen LogP contribution is -2.45. The maximum atomic E-state index is 11.9. The lowest BCUT2D eigenvalue weighted by Gasteiger charge is -2.31. The molecule has 1 fully saturated rings. The van der Waals surface area contributed by atoms with Crippen LogP contribution in [0.3, 0.4) is 0 Å². The van der Waals surface area contributed by atoms with Gasteiger partial charge in [-0.25, -0.2) is 4.79 Å². The summed E-state index contributed by atoms with van der Waals surface area (Å²) in [7, 11) is 1.59. The number of benzene rings is 1. The summed E-state index contributed by atoms with van der Waals surface area (Å²) in [4.78, 5) is 11.9. The van der Waals surface area contributed by atoms with Gasteiger partial charge in [-0.1, -0.05) is 6.07 Å². The molecule has 1 amide bonds. The van der Waals surface area contributed by atoms with Gasteiger partial charge in [0.05, 0.1) is 12.8 Å². The van der Waals surface area contributed by atoms with Crippen LogP contribution < -0.4 is 15.8 Å². The zero-order chi connectivity index (χ0) is 17.5. The summed E-state index contributed by atoms with van der Waals surface area (Å²) in [6.45, 7) is 9.59. The molecular formula is C18H28N2O3. The van der Waals surface area contributed by atoms with Crippen LogP contribution in [-0.4, -0.2) is 24.3 Å². The quantitative estimate of drug-likeness (QED) is 0.884. The molecular weight excluding hydrogens is 292 g/mol. The first kappa shape index (κ1) is 17.6. The molecule has 0 saturated heterocycles. The highest BCUT2D eigenvalue weighted by Gasteiger charge is 2.53.